The standard InChI is InChI=1S/C19H28ClN3O/c1-2-22(13-15-3-5-16(20)6-4-15)14-19(24)21-17-9-11-23(12-10-17)18-7-8-18/h3-6,17-18H,2,7-14H2,1H3,(H,21,24). The second kappa shape index (κ2) is 8.32. The second-order valence-electron chi connectivity index (χ2n) is 7.04. The Morgan fingerprint density at radius 2 is 1.88 bits per heavy atom. The van der Waals surface area contributed by atoms with E-state index in [0.29, 0.717) is 12.6 Å². The highest BCUT2D eigenvalue weighted by molar-refractivity contribution is 6.30. The molecule has 1 amide bonds. The molecule has 24 heavy (non-hydrogen) atoms. The molecule has 0 unspecified atom stereocenters. The third-order valence-electron chi connectivity index (χ3n) is 5.09. The molecule has 1 saturated carbocycles. The minimum absolute atomic E-state index is 0.149. The fraction of sp³-hybridized carbons (Fsp3) is 0.632. The zero-order valence-corrected chi connectivity index (χ0v) is 15.3. The Morgan fingerprint density at radius 3 is 2.46 bits per heavy atom. The average molecular weight is 350 g/mol. The van der Waals surface area contributed by atoms with E-state index in [4.69, 9.17) is 11.6 Å². The molecular formula is C19H28ClN3O. The summed E-state index contributed by atoms with van der Waals surface area (Å²) in [6.45, 7) is 6.46. The predicted octanol–water partition coefficient (Wildman–Crippen LogP) is 2.90. The lowest BCUT2D eigenvalue weighted by Gasteiger charge is -2.32. The highest BCUT2D eigenvalue weighted by Gasteiger charge is 2.32. The van der Waals surface area contributed by atoms with E-state index in [1.165, 1.54) is 18.4 Å². The number of likely N-dealkylation sites (tertiary alicyclic amines) is 1. The number of piperidine rings is 1. The highest BCUT2D eigenvalue weighted by atomic mass is 35.5. The van der Waals surface area contributed by atoms with Crippen LogP contribution in [0.4, 0.5) is 0 Å². The fourth-order valence-corrected chi connectivity index (χ4v) is 3.58. The minimum atomic E-state index is 0.149. The van der Waals surface area contributed by atoms with E-state index in [9.17, 15) is 4.79 Å². The molecule has 0 aromatic heterocycles. The maximum absolute atomic E-state index is 12.4. The Morgan fingerprint density at radius 1 is 1.21 bits per heavy atom. The summed E-state index contributed by atoms with van der Waals surface area (Å²) < 4.78 is 0. The number of carbonyl (C=O) groups excluding carboxylic acids is 1. The Kier molecular flexibility index (Phi) is 6.14. The number of hydrogen-bond donors (Lipinski definition) is 1. The SMILES string of the molecule is CCN(CC(=O)NC1CCN(C2CC2)CC1)Cc1ccc(Cl)cc1. The first-order chi connectivity index (χ1) is 11.6. The molecule has 2 fully saturated rings. The van der Waals surface area contributed by atoms with E-state index < -0.39 is 0 Å². The topological polar surface area (TPSA) is 35.6 Å². The molecule has 4 nitrogen and oxygen atoms in total. The van der Waals surface area contributed by atoms with E-state index in [-0.39, 0.29) is 5.91 Å². The van der Waals surface area contributed by atoms with Crippen molar-refractivity contribution < 1.29 is 4.79 Å². The number of halogens is 1. The van der Waals surface area contributed by atoms with Gasteiger partial charge in [-0.25, -0.2) is 0 Å². The third-order valence-corrected chi connectivity index (χ3v) is 5.34. The largest absolute Gasteiger partial charge is 0.352 e. The van der Waals surface area contributed by atoms with Gasteiger partial charge in [0.1, 0.15) is 0 Å². The van der Waals surface area contributed by atoms with E-state index >= 15 is 0 Å². The summed E-state index contributed by atoms with van der Waals surface area (Å²) in [5, 5.41) is 3.98. The molecule has 0 radical (unpaired) electrons. The van der Waals surface area contributed by atoms with E-state index in [0.717, 1.165) is 50.1 Å². The van der Waals surface area contributed by atoms with Gasteiger partial charge in [-0.05, 0) is 49.9 Å². The van der Waals surface area contributed by atoms with Crippen LogP contribution in [0.5, 0.6) is 0 Å². The summed E-state index contributed by atoms with van der Waals surface area (Å²) in [5.74, 6) is 0.149. The van der Waals surface area contributed by atoms with Crippen molar-refractivity contribution in [2.75, 3.05) is 26.2 Å². The Labute approximate surface area is 150 Å². The Bertz CT molecular complexity index is 536. The Balaban J connectivity index is 1.41. The van der Waals surface area contributed by atoms with Crippen LogP contribution in [0.3, 0.4) is 0 Å². The van der Waals surface area contributed by atoms with Gasteiger partial charge in [0, 0.05) is 36.7 Å². The summed E-state index contributed by atoms with van der Waals surface area (Å²) in [6, 6.07) is 9.04. The molecule has 1 aliphatic carbocycles. The quantitative estimate of drug-likeness (QED) is 0.822. The van der Waals surface area contributed by atoms with Crippen molar-refractivity contribution in [2.24, 2.45) is 0 Å². The third kappa shape index (κ3) is 5.20. The van der Waals surface area contributed by atoms with Crippen molar-refractivity contribution in [3.8, 4) is 0 Å². The summed E-state index contributed by atoms with van der Waals surface area (Å²) in [4.78, 5) is 17.1. The lowest BCUT2D eigenvalue weighted by Crippen LogP contribution is -2.47. The number of rotatable bonds is 7. The van der Waals surface area contributed by atoms with Crippen LogP contribution in [0.15, 0.2) is 24.3 Å². The molecule has 1 heterocycles. The maximum atomic E-state index is 12.4. The molecule has 1 aliphatic heterocycles. The van der Waals surface area contributed by atoms with Crippen molar-refractivity contribution >= 4 is 17.5 Å². The summed E-state index contributed by atoms with van der Waals surface area (Å²) in [7, 11) is 0. The first-order valence-electron chi connectivity index (χ1n) is 9.14. The van der Waals surface area contributed by atoms with E-state index in [2.05, 4.69) is 22.0 Å². The lowest BCUT2D eigenvalue weighted by atomic mass is 10.0. The second-order valence-corrected chi connectivity index (χ2v) is 7.48. The number of carbonyl (C=O) groups is 1. The van der Waals surface area contributed by atoms with Gasteiger partial charge >= 0.3 is 0 Å². The number of nitrogens with one attached hydrogen (secondary N) is 1. The summed E-state index contributed by atoms with van der Waals surface area (Å²) in [6.07, 6.45) is 4.91. The van der Waals surface area contributed by atoms with E-state index in [1.807, 2.05) is 24.3 Å². The molecular weight excluding hydrogens is 322 g/mol. The molecule has 0 spiro atoms. The van der Waals surface area contributed by atoms with Crippen molar-refractivity contribution in [3.63, 3.8) is 0 Å². The molecule has 0 bridgehead atoms. The predicted molar refractivity (Wildman–Crippen MR) is 98.2 cm³/mol. The number of hydrogen-bond acceptors (Lipinski definition) is 3. The number of benzene rings is 1. The van der Waals surface area contributed by atoms with Crippen molar-refractivity contribution in [1.82, 2.24) is 15.1 Å². The first kappa shape index (κ1) is 17.7. The lowest BCUT2D eigenvalue weighted by molar-refractivity contribution is -0.123. The molecule has 0 atom stereocenters. The van der Waals surface area contributed by atoms with Crippen LogP contribution < -0.4 is 5.32 Å². The van der Waals surface area contributed by atoms with Crippen LogP contribution in [-0.4, -0.2) is 54.0 Å². The van der Waals surface area contributed by atoms with Crippen LogP contribution >= 0.6 is 11.6 Å². The first-order valence-corrected chi connectivity index (χ1v) is 9.52. The summed E-state index contributed by atoms with van der Waals surface area (Å²) >= 11 is 5.93. The normalized spacial score (nSPS) is 19.6. The minimum Gasteiger partial charge on any atom is -0.352 e. The van der Waals surface area contributed by atoms with Gasteiger partial charge < -0.3 is 10.2 Å². The van der Waals surface area contributed by atoms with Gasteiger partial charge in [-0.15, -0.1) is 0 Å². The van der Waals surface area contributed by atoms with Crippen molar-refractivity contribution in [2.45, 2.75) is 51.2 Å². The highest BCUT2D eigenvalue weighted by Crippen LogP contribution is 2.29. The molecule has 132 valence electrons. The maximum Gasteiger partial charge on any atom is 0.234 e. The monoisotopic (exact) mass is 349 g/mol. The number of nitrogens with zero attached hydrogens (tertiary/aromatic N) is 2. The van der Waals surface area contributed by atoms with E-state index in [1.54, 1.807) is 0 Å². The number of amides is 1. The van der Waals surface area contributed by atoms with Crippen LogP contribution in [0.1, 0.15) is 38.2 Å². The van der Waals surface area contributed by atoms with Gasteiger partial charge in [0.15, 0.2) is 0 Å². The van der Waals surface area contributed by atoms with Crippen LogP contribution in [0.25, 0.3) is 0 Å². The average Bonchev–Trinajstić information content (AvgIpc) is 3.42. The van der Waals surface area contributed by atoms with Gasteiger partial charge in [-0.1, -0.05) is 30.7 Å². The molecule has 3 rings (SSSR count). The molecule has 5 heteroatoms. The zero-order chi connectivity index (χ0) is 16.9. The smallest absolute Gasteiger partial charge is 0.234 e. The van der Waals surface area contributed by atoms with Crippen LogP contribution in [0, 0.1) is 0 Å². The molecule has 1 saturated heterocycles. The van der Waals surface area contributed by atoms with Gasteiger partial charge in [0.25, 0.3) is 0 Å². The van der Waals surface area contributed by atoms with Crippen LogP contribution in [-0.2, 0) is 11.3 Å². The Hall–Kier alpha value is -1.10. The molecule has 1 aromatic rings. The molecule has 1 N–H and O–H groups in total. The molecule has 1 aromatic carbocycles. The van der Waals surface area contributed by atoms with Gasteiger partial charge in [-0.3, -0.25) is 9.69 Å². The van der Waals surface area contributed by atoms with Crippen molar-refractivity contribution in [1.29, 1.82) is 0 Å². The molecule has 2 aliphatic rings. The fourth-order valence-electron chi connectivity index (χ4n) is 3.45. The van der Waals surface area contributed by atoms with Gasteiger partial charge in [0.2, 0.25) is 5.91 Å². The van der Waals surface area contributed by atoms with Crippen LogP contribution in [0.2, 0.25) is 5.02 Å². The van der Waals surface area contributed by atoms with Crippen molar-refractivity contribution in [3.05, 3.63) is 34.9 Å². The number of likely N-dealkylation sites (N-methyl/N-ethyl adjacent to an activating group) is 1. The zero-order valence-electron chi connectivity index (χ0n) is 14.5. The summed E-state index contributed by atoms with van der Waals surface area (Å²) in [5.41, 5.74) is 1.19. The van der Waals surface area contributed by atoms with Gasteiger partial charge in [0.05, 0.1) is 6.54 Å². The van der Waals surface area contributed by atoms with Gasteiger partial charge in [-0.2, -0.15) is 0 Å².